The lowest BCUT2D eigenvalue weighted by Gasteiger charge is -2.37. The summed E-state index contributed by atoms with van der Waals surface area (Å²) < 4.78 is 24.8. The second-order valence-electron chi connectivity index (χ2n) is 10.3. The molecule has 0 bridgehead atoms. The number of hydrogen-bond acceptors (Lipinski definition) is 5. The van der Waals surface area contributed by atoms with Gasteiger partial charge in [0.2, 0.25) is 0 Å². The average Bonchev–Trinajstić information content (AvgIpc) is 2.82. The summed E-state index contributed by atoms with van der Waals surface area (Å²) >= 11 is 0. The molecule has 0 radical (unpaired) electrons. The Labute approximate surface area is 205 Å². The Hall–Kier alpha value is -3.41. The van der Waals surface area contributed by atoms with Crippen LogP contribution in [0, 0.1) is 5.82 Å². The van der Waals surface area contributed by atoms with Crippen molar-refractivity contribution in [2.24, 2.45) is 0 Å². The molecule has 35 heavy (non-hydrogen) atoms. The van der Waals surface area contributed by atoms with E-state index < -0.39 is 11.9 Å². The third kappa shape index (κ3) is 4.26. The molecule has 6 heteroatoms. The first kappa shape index (κ1) is 23.3. The number of methoxy groups -OCH3 is 1. The number of ketones is 1. The number of Topliss-reactive ketones (excluding diaryl/α,β-unsaturated/α-hetero) is 1. The second kappa shape index (κ2) is 8.67. The number of benzene rings is 2. The van der Waals surface area contributed by atoms with Gasteiger partial charge in [-0.15, -0.1) is 0 Å². The Morgan fingerprint density at radius 3 is 2.54 bits per heavy atom. The molecular weight excluding hydrogens is 445 g/mol. The monoisotopic (exact) mass is 475 g/mol. The van der Waals surface area contributed by atoms with Crippen LogP contribution in [-0.4, -0.2) is 24.5 Å². The van der Waals surface area contributed by atoms with Gasteiger partial charge in [0.25, 0.3) is 0 Å². The predicted molar refractivity (Wildman–Crippen MR) is 130 cm³/mol. The van der Waals surface area contributed by atoms with Crippen LogP contribution in [0.15, 0.2) is 65.0 Å². The molecule has 3 aliphatic rings. The highest BCUT2D eigenvalue weighted by molar-refractivity contribution is 6.04. The van der Waals surface area contributed by atoms with Crippen LogP contribution in [0.25, 0.3) is 0 Å². The molecule has 182 valence electrons. The quantitative estimate of drug-likeness (QED) is 0.597. The van der Waals surface area contributed by atoms with Crippen molar-refractivity contribution >= 4 is 11.8 Å². The van der Waals surface area contributed by atoms with Gasteiger partial charge in [-0.25, -0.2) is 9.18 Å². The van der Waals surface area contributed by atoms with E-state index in [9.17, 15) is 14.0 Å². The van der Waals surface area contributed by atoms with Gasteiger partial charge in [-0.3, -0.25) is 4.79 Å². The minimum Gasteiger partial charge on any atom is -0.488 e. The van der Waals surface area contributed by atoms with Crippen LogP contribution in [0.5, 0.6) is 5.75 Å². The van der Waals surface area contributed by atoms with E-state index in [1.807, 2.05) is 19.1 Å². The van der Waals surface area contributed by atoms with Crippen LogP contribution in [0.1, 0.15) is 68.6 Å². The molecule has 2 aromatic rings. The second-order valence-corrected chi connectivity index (χ2v) is 10.3. The summed E-state index contributed by atoms with van der Waals surface area (Å²) in [5.41, 5.74) is 5.25. The first-order chi connectivity index (χ1) is 16.7. The Kier molecular flexibility index (Phi) is 5.78. The zero-order chi connectivity index (χ0) is 24.9. The van der Waals surface area contributed by atoms with Gasteiger partial charge in [-0.05, 0) is 80.8 Å². The Morgan fingerprint density at radius 1 is 1.11 bits per heavy atom. The van der Waals surface area contributed by atoms with Gasteiger partial charge in [0.15, 0.2) is 5.78 Å². The Balaban J connectivity index is 1.58. The van der Waals surface area contributed by atoms with Crippen LogP contribution in [0.2, 0.25) is 0 Å². The van der Waals surface area contributed by atoms with E-state index in [0.717, 1.165) is 41.0 Å². The summed E-state index contributed by atoms with van der Waals surface area (Å²) in [6, 6.07) is 12.3. The summed E-state index contributed by atoms with van der Waals surface area (Å²) in [6.45, 7) is 6.00. The van der Waals surface area contributed by atoms with E-state index in [0.29, 0.717) is 29.7 Å². The maximum Gasteiger partial charge on any atom is 0.336 e. The van der Waals surface area contributed by atoms with Gasteiger partial charge in [0.05, 0.1) is 12.7 Å². The molecule has 2 aliphatic heterocycles. The fraction of sp³-hybridized carbons (Fsp3) is 0.379. The van der Waals surface area contributed by atoms with Gasteiger partial charge in [0.1, 0.15) is 17.2 Å². The molecule has 1 aliphatic carbocycles. The average molecular weight is 476 g/mol. The number of hydrogen-bond donors (Lipinski definition) is 1. The molecule has 5 nitrogen and oxygen atoms in total. The fourth-order valence-electron chi connectivity index (χ4n) is 5.58. The number of esters is 1. The number of ether oxygens (including phenoxy) is 2. The summed E-state index contributed by atoms with van der Waals surface area (Å²) in [7, 11) is 1.36. The standard InChI is InChI=1S/C29H30FNO4/c1-16-25(28(33)34-4)26(19-7-10-24-18(13-19)11-12-29(2,3)35-24)27-22(31-16)14-20(15-23(27)32)17-5-8-21(30)9-6-17/h5-10,13,20,26,31H,11-12,14-15H2,1-4H3/t20-,26+/m0/s1. The molecule has 2 atom stereocenters. The van der Waals surface area contributed by atoms with Crippen molar-refractivity contribution in [3.63, 3.8) is 0 Å². The van der Waals surface area contributed by atoms with Crippen molar-refractivity contribution in [1.29, 1.82) is 0 Å². The first-order valence-electron chi connectivity index (χ1n) is 12.1. The van der Waals surface area contributed by atoms with Gasteiger partial charge < -0.3 is 14.8 Å². The molecule has 2 heterocycles. The highest BCUT2D eigenvalue weighted by atomic mass is 19.1. The van der Waals surface area contributed by atoms with Crippen LogP contribution < -0.4 is 10.1 Å². The molecule has 0 unspecified atom stereocenters. The van der Waals surface area contributed by atoms with Crippen LogP contribution >= 0.6 is 0 Å². The van der Waals surface area contributed by atoms with Crippen LogP contribution in [0.3, 0.4) is 0 Å². The van der Waals surface area contributed by atoms with Crippen molar-refractivity contribution in [1.82, 2.24) is 5.32 Å². The number of dihydropyridines is 1. The maximum absolute atomic E-state index is 13.6. The molecule has 0 saturated heterocycles. The third-order valence-electron chi connectivity index (χ3n) is 7.37. The summed E-state index contributed by atoms with van der Waals surface area (Å²) in [5, 5.41) is 3.34. The minimum atomic E-state index is -0.513. The number of fused-ring (bicyclic) bond motifs is 1. The number of nitrogens with one attached hydrogen (secondary N) is 1. The normalized spacial score (nSPS) is 23.2. The zero-order valence-corrected chi connectivity index (χ0v) is 20.5. The van der Waals surface area contributed by atoms with Crippen LogP contribution in [-0.2, 0) is 20.7 Å². The van der Waals surface area contributed by atoms with E-state index in [1.165, 1.54) is 19.2 Å². The largest absolute Gasteiger partial charge is 0.488 e. The summed E-state index contributed by atoms with van der Waals surface area (Å²) in [6.07, 6.45) is 2.67. The van der Waals surface area contributed by atoms with Crippen molar-refractivity contribution in [2.45, 2.75) is 63.9 Å². The molecule has 0 saturated carbocycles. The third-order valence-corrected chi connectivity index (χ3v) is 7.37. The highest BCUT2D eigenvalue weighted by Crippen LogP contribution is 2.47. The number of allylic oxidation sites excluding steroid dienone is 3. The van der Waals surface area contributed by atoms with E-state index >= 15 is 0 Å². The molecule has 5 rings (SSSR count). The van der Waals surface area contributed by atoms with Crippen molar-refractivity contribution in [2.75, 3.05) is 7.11 Å². The van der Waals surface area contributed by atoms with E-state index in [1.54, 1.807) is 12.1 Å². The van der Waals surface area contributed by atoms with E-state index in [2.05, 4.69) is 25.2 Å². The zero-order valence-electron chi connectivity index (χ0n) is 20.5. The molecular formula is C29H30FNO4. The lowest BCUT2D eigenvalue weighted by Crippen LogP contribution is -2.36. The first-order valence-corrected chi connectivity index (χ1v) is 12.1. The van der Waals surface area contributed by atoms with Gasteiger partial charge in [-0.1, -0.05) is 24.3 Å². The lowest BCUT2D eigenvalue weighted by atomic mass is 9.71. The minimum absolute atomic E-state index is 0.0120. The molecule has 0 fully saturated rings. The number of rotatable bonds is 3. The van der Waals surface area contributed by atoms with Crippen molar-refractivity contribution < 1.29 is 23.5 Å². The Bertz CT molecular complexity index is 1270. The summed E-state index contributed by atoms with van der Waals surface area (Å²) in [4.78, 5) is 26.5. The number of aryl methyl sites for hydroxylation is 1. The molecule has 0 spiro atoms. The summed E-state index contributed by atoms with van der Waals surface area (Å²) in [5.74, 6) is -0.479. The number of halogens is 1. The van der Waals surface area contributed by atoms with Gasteiger partial charge in [-0.2, -0.15) is 0 Å². The fourth-order valence-corrected chi connectivity index (χ4v) is 5.58. The topological polar surface area (TPSA) is 64.6 Å². The highest BCUT2D eigenvalue weighted by Gasteiger charge is 2.41. The molecule has 0 amide bonds. The number of carbonyl (C=O) groups is 2. The van der Waals surface area contributed by atoms with Crippen LogP contribution in [0.4, 0.5) is 4.39 Å². The van der Waals surface area contributed by atoms with E-state index in [4.69, 9.17) is 9.47 Å². The molecule has 0 aromatic heterocycles. The maximum atomic E-state index is 13.6. The SMILES string of the molecule is COC(=O)C1=C(C)NC2=C(C(=O)C[C@@H](c3ccc(F)cc3)C2)[C@@H]1c1ccc2c(c1)CCC(C)(C)O2. The molecule has 1 N–H and O–H groups in total. The number of carbonyl (C=O) groups excluding carboxylic acids is 2. The van der Waals surface area contributed by atoms with Crippen molar-refractivity contribution in [3.05, 3.63) is 87.5 Å². The lowest BCUT2D eigenvalue weighted by molar-refractivity contribution is -0.136. The predicted octanol–water partition coefficient (Wildman–Crippen LogP) is 5.46. The van der Waals surface area contributed by atoms with Gasteiger partial charge in [0, 0.05) is 29.3 Å². The van der Waals surface area contributed by atoms with E-state index in [-0.39, 0.29) is 23.1 Å². The Morgan fingerprint density at radius 2 is 1.83 bits per heavy atom. The molecule has 2 aromatic carbocycles. The van der Waals surface area contributed by atoms with Crippen molar-refractivity contribution in [3.8, 4) is 5.75 Å². The van der Waals surface area contributed by atoms with Gasteiger partial charge >= 0.3 is 5.97 Å². The smallest absolute Gasteiger partial charge is 0.336 e.